The van der Waals surface area contributed by atoms with Gasteiger partial charge in [0, 0.05) is 40.9 Å². The quantitative estimate of drug-likeness (QED) is 0.438. The number of carbonyl (C=O) groups excluding carboxylic acids is 1. The normalized spacial score (nSPS) is 28.4. The molecule has 1 amide bonds. The molecule has 30 heavy (non-hydrogen) atoms. The summed E-state index contributed by atoms with van der Waals surface area (Å²) in [7, 11) is 1.58. The second-order valence-corrected chi connectivity index (χ2v) is 7.93. The van der Waals surface area contributed by atoms with Crippen LogP contribution in [0.5, 0.6) is 5.75 Å². The number of nitrogens with one attached hydrogen (secondary N) is 1. The molecule has 1 N–H and O–H groups in total. The number of para-hydroxylation sites is 1. The van der Waals surface area contributed by atoms with Crippen molar-refractivity contribution < 1.29 is 19.4 Å². The number of hydrogen-bond acceptors (Lipinski definition) is 7. The van der Waals surface area contributed by atoms with Gasteiger partial charge >= 0.3 is 5.54 Å². The Balaban J connectivity index is 1.87. The Bertz CT molecular complexity index is 1190. The number of likely N-dealkylation sites (N-methyl/N-ethyl adjacent to an activating group) is 1. The van der Waals surface area contributed by atoms with Crippen LogP contribution < -0.4 is 15.0 Å². The molecule has 3 atom stereocenters. The van der Waals surface area contributed by atoms with Gasteiger partial charge in [0.15, 0.2) is 17.1 Å². The van der Waals surface area contributed by atoms with Crippen LogP contribution >= 0.6 is 12.2 Å². The molecule has 3 heterocycles. The van der Waals surface area contributed by atoms with Crippen LogP contribution in [-0.4, -0.2) is 39.9 Å². The molecule has 0 aromatic heterocycles. The first-order valence-corrected chi connectivity index (χ1v) is 9.42. The van der Waals surface area contributed by atoms with E-state index in [4.69, 9.17) is 17.0 Å². The van der Waals surface area contributed by atoms with Gasteiger partial charge in [0.05, 0.1) is 4.92 Å². The molecule has 0 saturated carbocycles. The van der Waals surface area contributed by atoms with Crippen molar-refractivity contribution in [2.24, 2.45) is 0 Å². The molecule has 2 aromatic rings. The largest absolute Gasteiger partial charge is 0.485 e. The van der Waals surface area contributed by atoms with Crippen LogP contribution in [0.3, 0.4) is 0 Å². The van der Waals surface area contributed by atoms with Crippen molar-refractivity contribution in [1.82, 2.24) is 5.32 Å². The molecule has 2 aromatic carbocycles. The fourth-order valence-corrected chi connectivity index (χ4v) is 5.32. The second-order valence-electron chi connectivity index (χ2n) is 7.53. The molecule has 0 unspecified atom stereocenters. The molecule has 5 rings (SSSR count). The molecule has 3 aliphatic rings. The van der Waals surface area contributed by atoms with E-state index in [1.165, 1.54) is 23.1 Å². The maximum Gasteiger partial charge on any atom is 0.314 e. The van der Waals surface area contributed by atoms with Crippen molar-refractivity contribution in [3.63, 3.8) is 0 Å². The number of non-ortho nitro benzene ring substituents is 1. The fourth-order valence-electron chi connectivity index (χ4n) is 4.91. The molecule has 10 nitrogen and oxygen atoms in total. The lowest BCUT2D eigenvalue weighted by Gasteiger charge is -2.37. The van der Waals surface area contributed by atoms with E-state index < -0.39 is 32.7 Å². The molecule has 3 aliphatic heterocycles. The highest BCUT2D eigenvalue weighted by atomic mass is 32.1. The van der Waals surface area contributed by atoms with Crippen molar-refractivity contribution >= 4 is 34.5 Å². The summed E-state index contributed by atoms with van der Waals surface area (Å²) < 4.78 is 5.64. The lowest BCUT2D eigenvalue weighted by molar-refractivity contribution is -0.554. The zero-order valence-corrected chi connectivity index (χ0v) is 16.3. The summed E-state index contributed by atoms with van der Waals surface area (Å²) >= 11 is 5.41. The van der Waals surface area contributed by atoms with Crippen molar-refractivity contribution in [2.75, 3.05) is 18.6 Å². The molecule has 11 heteroatoms. The number of amides is 1. The first-order chi connectivity index (χ1) is 14.2. The maximum absolute atomic E-state index is 13.6. The van der Waals surface area contributed by atoms with Crippen molar-refractivity contribution in [1.29, 1.82) is 0 Å². The standard InChI is InChI=1S/C19H14N4O6S/c1-21-13-5-3-2-4-12(13)19(17(21)24)15-11-8-10(22(25)26)6-7-14(11)29-9-18(15,23(27)28)16(30)20-19/h2-8,15H,9H2,1H3,(H,20,30)/t15-,18-,19+/m1/s1. The van der Waals surface area contributed by atoms with E-state index in [0.717, 1.165) is 0 Å². The summed E-state index contributed by atoms with van der Waals surface area (Å²) in [6.45, 7) is -0.387. The van der Waals surface area contributed by atoms with E-state index in [9.17, 15) is 25.0 Å². The number of benzene rings is 2. The minimum atomic E-state index is -1.94. The van der Waals surface area contributed by atoms with Crippen molar-refractivity contribution in [3.05, 3.63) is 73.8 Å². The number of thiocarbonyl (C=S) groups is 1. The predicted molar refractivity (Wildman–Crippen MR) is 108 cm³/mol. The highest BCUT2D eigenvalue weighted by molar-refractivity contribution is 7.80. The third-order valence-corrected chi connectivity index (χ3v) is 6.69. The Morgan fingerprint density at radius 1 is 1.23 bits per heavy atom. The lowest BCUT2D eigenvalue weighted by Crippen LogP contribution is -2.57. The third kappa shape index (κ3) is 1.92. The number of carbonyl (C=O) groups is 1. The number of nitro benzene ring substituents is 1. The van der Waals surface area contributed by atoms with Crippen LogP contribution in [-0.2, 0) is 10.3 Å². The van der Waals surface area contributed by atoms with Gasteiger partial charge in [-0.1, -0.05) is 30.4 Å². The number of anilines is 1. The minimum absolute atomic E-state index is 0.131. The van der Waals surface area contributed by atoms with Gasteiger partial charge in [0.25, 0.3) is 11.6 Å². The Kier molecular flexibility index (Phi) is 3.52. The molecule has 1 fully saturated rings. The molecular weight excluding hydrogens is 412 g/mol. The fraction of sp³-hybridized carbons (Fsp3) is 0.263. The van der Waals surface area contributed by atoms with Gasteiger partial charge < -0.3 is 15.0 Å². The molecular formula is C19H14N4O6S. The van der Waals surface area contributed by atoms with E-state index in [-0.39, 0.29) is 28.6 Å². The van der Waals surface area contributed by atoms with E-state index >= 15 is 0 Å². The second kappa shape index (κ2) is 5.72. The zero-order valence-electron chi connectivity index (χ0n) is 15.5. The Labute approximate surface area is 174 Å². The predicted octanol–water partition coefficient (Wildman–Crippen LogP) is 1.89. The molecule has 152 valence electrons. The summed E-state index contributed by atoms with van der Waals surface area (Å²) in [4.78, 5) is 37.5. The summed E-state index contributed by atoms with van der Waals surface area (Å²) in [6.07, 6.45) is 0. The molecule has 0 aliphatic carbocycles. The number of rotatable bonds is 2. The number of fused-ring (bicyclic) bond motifs is 6. The van der Waals surface area contributed by atoms with Gasteiger partial charge in [-0.15, -0.1) is 0 Å². The van der Waals surface area contributed by atoms with Gasteiger partial charge in [0.2, 0.25) is 0 Å². The van der Waals surface area contributed by atoms with Crippen LogP contribution in [0.4, 0.5) is 11.4 Å². The summed E-state index contributed by atoms with van der Waals surface area (Å²) in [6, 6.07) is 10.9. The van der Waals surface area contributed by atoms with E-state index in [2.05, 4.69) is 5.32 Å². The summed E-state index contributed by atoms with van der Waals surface area (Å²) in [5, 5.41) is 26.7. The van der Waals surface area contributed by atoms with Gasteiger partial charge in [-0.2, -0.15) is 0 Å². The van der Waals surface area contributed by atoms with Crippen LogP contribution in [0.2, 0.25) is 0 Å². The van der Waals surface area contributed by atoms with Crippen LogP contribution in [0.15, 0.2) is 42.5 Å². The number of nitrogens with zero attached hydrogens (tertiary/aromatic N) is 3. The van der Waals surface area contributed by atoms with Crippen LogP contribution in [0.1, 0.15) is 17.0 Å². The van der Waals surface area contributed by atoms with Gasteiger partial charge in [-0.05, 0) is 12.1 Å². The molecule has 1 spiro atoms. The maximum atomic E-state index is 13.6. The number of nitro groups is 2. The van der Waals surface area contributed by atoms with Crippen molar-refractivity contribution in [2.45, 2.75) is 17.0 Å². The highest BCUT2D eigenvalue weighted by Crippen LogP contribution is 2.59. The average Bonchev–Trinajstić information content (AvgIpc) is 3.13. The highest BCUT2D eigenvalue weighted by Gasteiger charge is 2.76. The van der Waals surface area contributed by atoms with Gasteiger partial charge in [0.1, 0.15) is 11.7 Å². The molecule has 1 saturated heterocycles. The van der Waals surface area contributed by atoms with E-state index in [0.29, 0.717) is 11.3 Å². The first kappa shape index (κ1) is 18.4. The zero-order chi connectivity index (χ0) is 21.4. The van der Waals surface area contributed by atoms with Gasteiger partial charge in [-0.25, -0.2) is 0 Å². The van der Waals surface area contributed by atoms with E-state index in [1.807, 2.05) is 0 Å². The molecule has 0 radical (unpaired) electrons. The lowest BCUT2D eigenvalue weighted by atomic mass is 9.68. The molecule has 0 bridgehead atoms. The van der Waals surface area contributed by atoms with E-state index in [1.54, 1.807) is 31.3 Å². The van der Waals surface area contributed by atoms with Crippen LogP contribution in [0.25, 0.3) is 0 Å². The van der Waals surface area contributed by atoms with Gasteiger partial charge in [-0.3, -0.25) is 25.0 Å². The Morgan fingerprint density at radius 2 is 1.97 bits per heavy atom. The minimum Gasteiger partial charge on any atom is -0.485 e. The van der Waals surface area contributed by atoms with Crippen LogP contribution in [0, 0.1) is 20.2 Å². The SMILES string of the molecule is CN1C(=O)[C@]2(NC(=S)[C@@]3([N+](=O)[O-])COc4ccc([N+](=O)[O-])cc4[C@H]32)c2ccccc21. The summed E-state index contributed by atoms with van der Waals surface area (Å²) in [5.41, 5.74) is -2.42. The monoisotopic (exact) mass is 426 g/mol. The average molecular weight is 426 g/mol. The summed E-state index contributed by atoms with van der Waals surface area (Å²) in [5.74, 6) is -1.29. The topological polar surface area (TPSA) is 128 Å². The first-order valence-electron chi connectivity index (χ1n) is 9.01. The third-order valence-electron chi connectivity index (χ3n) is 6.24. The number of ether oxygens (including phenoxy) is 1. The smallest absolute Gasteiger partial charge is 0.314 e. The Hall–Kier alpha value is -3.60. The van der Waals surface area contributed by atoms with Crippen molar-refractivity contribution in [3.8, 4) is 5.75 Å². The number of hydrogen-bond donors (Lipinski definition) is 1. The Morgan fingerprint density at radius 3 is 2.67 bits per heavy atom.